The monoisotopic (exact) mass is 425 g/mol. The number of carbonyl (C=O) groups excluding carboxylic acids is 2. The zero-order valence-electron chi connectivity index (χ0n) is 16.5. The molecule has 1 N–H and O–H groups in total. The number of hydrogen-bond acceptors (Lipinski definition) is 7. The zero-order chi connectivity index (χ0) is 21.8. The molecule has 30 heavy (non-hydrogen) atoms. The molecule has 2 aromatic carbocycles. The van der Waals surface area contributed by atoms with Gasteiger partial charge in [0.25, 0.3) is 11.6 Å². The number of esters is 1. The van der Waals surface area contributed by atoms with Crippen LogP contribution in [0, 0.1) is 24.0 Å². The van der Waals surface area contributed by atoms with Crippen LogP contribution in [0.4, 0.5) is 10.8 Å². The fourth-order valence-corrected chi connectivity index (χ4v) is 3.55. The molecule has 9 heteroatoms. The summed E-state index contributed by atoms with van der Waals surface area (Å²) in [7, 11) is 0. The van der Waals surface area contributed by atoms with E-state index >= 15 is 0 Å². The number of benzene rings is 2. The Morgan fingerprint density at radius 1 is 1.17 bits per heavy atom. The van der Waals surface area contributed by atoms with Crippen LogP contribution in [0.3, 0.4) is 0 Å². The molecule has 3 rings (SSSR count). The Kier molecular flexibility index (Phi) is 6.22. The van der Waals surface area contributed by atoms with Crippen LogP contribution >= 0.6 is 11.3 Å². The highest BCUT2D eigenvalue weighted by Gasteiger charge is 2.21. The van der Waals surface area contributed by atoms with Crippen LogP contribution in [-0.2, 0) is 9.53 Å². The first-order chi connectivity index (χ1) is 14.2. The minimum absolute atomic E-state index is 0.0435. The Labute approximate surface area is 176 Å². The van der Waals surface area contributed by atoms with Crippen LogP contribution in [0.15, 0.2) is 47.8 Å². The summed E-state index contributed by atoms with van der Waals surface area (Å²) in [6.45, 7) is 5.23. The number of rotatable bonds is 6. The van der Waals surface area contributed by atoms with E-state index < -0.39 is 22.9 Å². The molecule has 0 aliphatic carbocycles. The lowest BCUT2D eigenvalue weighted by Crippen LogP contribution is -2.30. The molecule has 0 saturated heterocycles. The third-order valence-corrected chi connectivity index (χ3v) is 4.96. The van der Waals surface area contributed by atoms with Crippen molar-refractivity contribution < 1.29 is 19.2 Å². The van der Waals surface area contributed by atoms with Gasteiger partial charge in [0.05, 0.1) is 16.2 Å². The van der Waals surface area contributed by atoms with Gasteiger partial charge in [-0.2, -0.15) is 0 Å². The summed E-state index contributed by atoms with van der Waals surface area (Å²) in [5.41, 5.74) is 3.26. The van der Waals surface area contributed by atoms with E-state index in [1.807, 2.05) is 19.9 Å². The van der Waals surface area contributed by atoms with Crippen molar-refractivity contribution >= 4 is 34.0 Å². The number of aryl methyl sites for hydroxylation is 2. The van der Waals surface area contributed by atoms with Gasteiger partial charge >= 0.3 is 5.97 Å². The van der Waals surface area contributed by atoms with Gasteiger partial charge in [0.1, 0.15) is 0 Å². The summed E-state index contributed by atoms with van der Waals surface area (Å²) in [6.07, 6.45) is -1.02. The van der Waals surface area contributed by atoms with E-state index in [4.69, 9.17) is 4.74 Å². The van der Waals surface area contributed by atoms with Crippen LogP contribution in [0.25, 0.3) is 11.3 Å². The van der Waals surface area contributed by atoms with E-state index in [9.17, 15) is 19.7 Å². The average Bonchev–Trinajstić information content (AvgIpc) is 3.15. The van der Waals surface area contributed by atoms with Crippen molar-refractivity contribution in [3.8, 4) is 11.3 Å². The minimum Gasteiger partial charge on any atom is -0.449 e. The number of carbonyl (C=O) groups is 2. The molecule has 1 amide bonds. The van der Waals surface area contributed by atoms with E-state index in [2.05, 4.69) is 10.3 Å². The SMILES string of the molecule is Cc1cc(C)cc(C(=O)O[C@H](C)C(=O)Nc2nc(-c3cccc([N+](=O)[O-])c3)cs2)c1. The molecule has 0 aliphatic rings. The molecule has 1 aromatic heterocycles. The first-order valence-corrected chi connectivity index (χ1v) is 9.91. The van der Waals surface area contributed by atoms with Crippen molar-refractivity contribution in [3.63, 3.8) is 0 Å². The molecule has 154 valence electrons. The predicted octanol–water partition coefficient (Wildman–Crippen LogP) is 4.52. The normalized spacial score (nSPS) is 11.6. The van der Waals surface area contributed by atoms with Crippen LogP contribution in [0.1, 0.15) is 28.4 Å². The molecule has 0 aliphatic heterocycles. The van der Waals surface area contributed by atoms with Crippen LogP contribution in [0.2, 0.25) is 0 Å². The molecule has 1 heterocycles. The second kappa shape index (κ2) is 8.83. The van der Waals surface area contributed by atoms with E-state index in [1.165, 1.54) is 30.4 Å². The van der Waals surface area contributed by atoms with Crippen molar-refractivity contribution in [2.75, 3.05) is 5.32 Å². The van der Waals surface area contributed by atoms with Crippen molar-refractivity contribution in [3.05, 3.63) is 74.6 Å². The predicted molar refractivity (Wildman–Crippen MR) is 114 cm³/mol. The number of ether oxygens (including phenoxy) is 1. The molecule has 1 atom stereocenters. The summed E-state index contributed by atoms with van der Waals surface area (Å²) in [5.74, 6) is -1.10. The number of anilines is 1. The maximum Gasteiger partial charge on any atom is 0.338 e. The quantitative estimate of drug-likeness (QED) is 0.353. The third-order valence-electron chi connectivity index (χ3n) is 4.20. The Bertz CT molecular complexity index is 1110. The van der Waals surface area contributed by atoms with Gasteiger partial charge in [-0.1, -0.05) is 29.3 Å². The standard InChI is InChI=1S/C21H19N3O5S/c1-12-7-13(2)9-16(8-12)20(26)29-14(3)19(25)23-21-22-18(11-30-21)15-5-4-6-17(10-15)24(27)28/h4-11,14H,1-3H3,(H,22,23,25)/t14-/m1/s1. The topological polar surface area (TPSA) is 111 Å². The lowest BCUT2D eigenvalue weighted by atomic mass is 10.1. The highest BCUT2D eigenvalue weighted by atomic mass is 32.1. The van der Waals surface area contributed by atoms with E-state index in [1.54, 1.807) is 29.6 Å². The van der Waals surface area contributed by atoms with Crippen LogP contribution in [-0.4, -0.2) is 27.9 Å². The van der Waals surface area contributed by atoms with Gasteiger partial charge in [-0.3, -0.25) is 20.2 Å². The second-order valence-electron chi connectivity index (χ2n) is 6.76. The Morgan fingerprint density at radius 2 is 1.87 bits per heavy atom. The largest absolute Gasteiger partial charge is 0.449 e. The smallest absolute Gasteiger partial charge is 0.338 e. The maximum absolute atomic E-state index is 12.4. The first kappa shape index (κ1) is 21.1. The molecule has 0 fully saturated rings. The number of non-ortho nitro benzene ring substituents is 1. The summed E-state index contributed by atoms with van der Waals surface area (Å²) in [6, 6.07) is 11.4. The van der Waals surface area contributed by atoms with E-state index in [0.717, 1.165) is 11.1 Å². The molecular weight excluding hydrogens is 406 g/mol. The zero-order valence-corrected chi connectivity index (χ0v) is 17.4. The molecule has 0 bridgehead atoms. The van der Waals surface area contributed by atoms with Gasteiger partial charge in [0.15, 0.2) is 11.2 Å². The molecule has 3 aromatic rings. The number of amides is 1. The highest BCUT2D eigenvalue weighted by Crippen LogP contribution is 2.27. The van der Waals surface area contributed by atoms with Crippen LogP contribution < -0.4 is 5.32 Å². The van der Waals surface area contributed by atoms with Gasteiger partial charge < -0.3 is 4.74 Å². The Hall–Kier alpha value is -3.59. The van der Waals surface area contributed by atoms with Crippen molar-refractivity contribution in [2.24, 2.45) is 0 Å². The number of nitro groups is 1. The van der Waals surface area contributed by atoms with E-state index in [-0.39, 0.29) is 5.69 Å². The summed E-state index contributed by atoms with van der Waals surface area (Å²) in [4.78, 5) is 39.4. The summed E-state index contributed by atoms with van der Waals surface area (Å²) < 4.78 is 5.26. The second-order valence-corrected chi connectivity index (χ2v) is 7.62. The first-order valence-electron chi connectivity index (χ1n) is 9.03. The molecule has 0 unspecified atom stereocenters. The third kappa shape index (κ3) is 5.06. The van der Waals surface area contributed by atoms with Gasteiger partial charge in [-0.25, -0.2) is 9.78 Å². The lowest BCUT2D eigenvalue weighted by Gasteiger charge is -2.13. The Balaban J connectivity index is 1.65. The van der Waals surface area contributed by atoms with Crippen molar-refractivity contribution in [2.45, 2.75) is 26.9 Å². The molecule has 8 nitrogen and oxygen atoms in total. The minimum atomic E-state index is -1.02. The van der Waals surface area contributed by atoms with Crippen molar-refractivity contribution in [1.82, 2.24) is 4.98 Å². The Morgan fingerprint density at radius 3 is 2.53 bits per heavy atom. The molecular formula is C21H19N3O5S. The summed E-state index contributed by atoms with van der Waals surface area (Å²) in [5, 5.41) is 15.5. The van der Waals surface area contributed by atoms with Gasteiger partial charge in [0, 0.05) is 23.1 Å². The highest BCUT2D eigenvalue weighted by molar-refractivity contribution is 7.14. The van der Waals surface area contributed by atoms with Crippen LogP contribution in [0.5, 0.6) is 0 Å². The van der Waals surface area contributed by atoms with Gasteiger partial charge in [-0.15, -0.1) is 11.3 Å². The molecule has 0 saturated carbocycles. The fraction of sp³-hybridized carbons (Fsp3) is 0.190. The maximum atomic E-state index is 12.4. The number of thiazole rings is 1. The van der Waals surface area contributed by atoms with Crippen molar-refractivity contribution in [1.29, 1.82) is 0 Å². The van der Waals surface area contributed by atoms with E-state index in [0.29, 0.717) is 22.0 Å². The number of nitrogens with zero attached hydrogens (tertiary/aromatic N) is 2. The average molecular weight is 425 g/mol. The molecule has 0 spiro atoms. The van der Waals surface area contributed by atoms with Gasteiger partial charge in [-0.05, 0) is 32.9 Å². The van der Waals surface area contributed by atoms with Gasteiger partial charge in [0.2, 0.25) is 0 Å². The number of nitrogens with one attached hydrogen (secondary N) is 1. The number of hydrogen-bond donors (Lipinski definition) is 1. The lowest BCUT2D eigenvalue weighted by molar-refractivity contribution is -0.384. The molecule has 0 radical (unpaired) electrons. The number of nitro benzene ring substituents is 1. The fourth-order valence-electron chi connectivity index (χ4n) is 2.82. The summed E-state index contributed by atoms with van der Waals surface area (Å²) >= 11 is 1.17. The number of aromatic nitrogens is 1.